The Balaban J connectivity index is 0. The second-order valence-electron chi connectivity index (χ2n) is 5.13. The summed E-state index contributed by atoms with van der Waals surface area (Å²) in [7, 11) is 0. The van der Waals surface area contributed by atoms with Crippen LogP contribution >= 0.6 is 0 Å². The van der Waals surface area contributed by atoms with E-state index >= 15 is 0 Å². The molecule has 7 heteroatoms. The van der Waals surface area contributed by atoms with Crippen molar-refractivity contribution in [2.75, 3.05) is 11.9 Å². The summed E-state index contributed by atoms with van der Waals surface area (Å²) in [6.07, 6.45) is 1.57. The fourth-order valence-corrected chi connectivity index (χ4v) is 1.05. The van der Waals surface area contributed by atoms with Crippen LogP contribution in [0.2, 0.25) is 0 Å². The molecule has 7 nitrogen and oxygen atoms in total. The van der Waals surface area contributed by atoms with Crippen LogP contribution in [0.1, 0.15) is 34.2 Å². The Labute approximate surface area is 126 Å². The van der Waals surface area contributed by atoms with Crippen molar-refractivity contribution in [2.24, 2.45) is 5.90 Å². The summed E-state index contributed by atoms with van der Waals surface area (Å²) in [6, 6.07) is 5.47. The van der Waals surface area contributed by atoms with Crippen LogP contribution in [0, 0.1) is 18.3 Å². The highest BCUT2D eigenvalue weighted by molar-refractivity contribution is 5.83. The second kappa shape index (κ2) is 9.69. The van der Waals surface area contributed by atoms with Crippen LogP contribution in [0.25, 0.3) is 0 Å². The highest BCUT2D eigenvalue weighted by Crippen LogP contribution is 2.10. The van der Waals surface area contributed by atoms with Crippen molar-refractivity contribution in [1.82, 2.24) is 4.98 Å². The van der Waals surface area contributed by atoms with Crippen molar-refractivity contribution in [2.45, 2.75) is 39.7 Å². The minimum absolute atomic E-state index is 0. The van der Waals surface area contributed by atoms with Crippen molar-refractivity contribution in [3.8, 4) is 6.07 Å². The molecule has 0 aliphatic carbocycles. The molecule has 1 heterocycles. The molecule has 0 aliphatic heterocycles. The highest BCUT2D eigenvalue weighted by atomic mass is 16.6. The van der Waals surface area contributed by atoms with Crippen molar-refractivity contribution < 1.29 is 15.8 Å². The summed E-state index contributed by atoms with van der Waals surface area (Å²) in [6.45, 7) is 7.71. The van der Waals surface area contributed by atoms with E-state index in [4.69, 9.17) is 10.00 Å². The number of carbonyl (C=O) groups excluding carboxylic acids is 1. The quantitative estimate of drug-likeness (QED) is 0.655. The lowest BCUT2D eigenvalue weighted by Crippen LogP contribution is -2.27. The third-order valence-corrected chi connectivity index (χ3v) is 1.87. The SMILES string of the molecule is Cc1ccc(NC(=O)OC(C)(C)C)nc1.N#CCCON.[HH]. The molecule has 1 amide bonds. The zero-order valence-corrected chi connectivity index (χ0v) is 12.8. The van der Waals surface area contributed by atoms with Gasteiger partial charge in [-0.3, -0.25) is 5.32 Å². The number of ether oxygens (including phenoxy) is 1. The molecule has 0 fully saturated rings. The van der Waals surface area contributed by atoms with Crippen molar-refractivity contribution >= 4 is 11.9 Å². The van der Waals surface area contributed by atoms with Crippen molar-refractivity contribution in [3.63, 3.8) is 0 Å². The molecule has 0 spiro atoms. The minimum Gasteiger partial charge on any atom is -0.444 e. The molecule has 0 unspecified atom stereocenters. The van der Waals surface area contributed by atoms with Crippen LogP contribution < -0.4 is 11.2 Å². The summed E-state index contributed by atoms with van der Waals surface area (Å²) < 4.78 is 5.08. The molecule has 0 aromatic carbocycles. The Morgan fingerprint density at radius 2 is 2.19 bits per heavy atom. The maximum Gasteiger partial charge on any atom is 0.413 e. The number of aromatic nitrogens is 1. The minimum atomic E-state index is -0.491. The first-order valence-electron chi connectivity index (χ1n) is 6.40. The van der Waals surface area contributed by atoms with Gasteiger partial charge in [0, 0.05) is 7.62 Å². The van der Waals surface area contributed by atoms with Crippen LogP contribution in [0.5, 0.6) is 0 Å². The van der Waals surface area contributed by atoms with Gasteiger partial charge in [-0.15, -0.1) is 0 Å². The van der Waals surface area contributed by atoms with E-state index in [1.54, 1.807) is 12.3 Å². The molecule has 0 aliphatic rings. The van der Waals surface area contributed by atoms with E-state index in [9.17, 15) is 4.79 Å². The third-order valence-electron chi connectivity index (χ3n) is 1.87. The molecule has 0 saturated carbocycles. The number of anilines is 1. The van der Waals surface area contributed by atoms with E-state index in [0.29, 0.717) is 18.8 Å². The summed E-state index contributed by atoms with van der Waals surface area (Å²) in [5.74, 6) is 5.06. The van der Waals surface area contributed by atoms with Gasteiger partial charge in [0.2, 0.25) is 0 Å². The Morgan fingerprint density at radius 1 is 1.52 bits per heavy atom. The molecule has 1 aromatic rings. The predicted molar refractivity (Wildman–Crippen MR) is 81.3 cm³/mol. The molecule has 1 aromatic heterocycles. The zero-order valence-electron chi connectivity index (χ0n) is 12.8. The van der Waals surface area contributed by atoms with E-state index in [1.807, 2.05) is 39.8 Å². The van der Waals surface area contributed by atoms with E-state index < -0.39 is 11.7 Å². The van der Waals surface area contributed by atoms with Gasteiger partial charge in [-0.05, 0) is 39.3 Å². The molecule has 21 heavy (non-hydrogen) atoms. The number of hydrogen-bond acceptors (Lipinski definition) is 6. The Bertz CT molecular complexity index is 466. The summed E-state index contributed by atoms with van der Waals surface area (Å²) in [5, 5.41) is 10.4. The highest BCUT2D eigenvalue weighted by Gasteiger charge is 2.16. The fraction of sp³-hybridized carbons (Fsp3) is 0.500. The van der Waals surface area contributed by atoms with Gasteiger partial charge in [0.05, 0.1) is 19.1 Å². The molecule has 0 atom stereocenters. The van der Waals surface area contributed by atoms with Crippen LogP contribution in [0.3, 0.4) is 0 Å². The maximum absolute atomic E-state index is 11.3. The maximum atomic E-state index is 11.3. The molecule has 118 valence electrons. The monoisotopic (exact) mass is 296 g/mol. The number of hydrogen-bond donors (Lipinski definition) is 2. The van der Waals surface area contributed by atoms with Gasteiger partial charge in [-0.1, -0.05) is 6.07 Å². The number of amides is 1. The fourth-order valence-electron chi connectivity index (χ4n) is 1.05. The largest absolute Gasteiger partial charge is 0.444 e. The number of aryl methyl sites for hydroxylation is 1. The van der Waals surface area contributed by atoms with Gasteiger partial charge >= 0.3 is 6.09 Å². The average molecular weight is 296 g/mol. The topological polar surface area (TPSA) is 110 Å². The van der Waals surface area contributed by atoms with Crippen molar-refractivity contribution in [1.29, 1.82) is 5.26 Å². The number of nitrogens with two attached hydrogens (primary N) is 1. The first kappa shape index (κ1) is 18.8. The van der Waals surface area contributed by atoms with Gasteiger partial charge in [0.25, 0.3) is 0 Å². The zero-order chi connectivity index (χ0) is 16.3. The molecule has 0 radical (unpaired) electrons. The lowest BCUT2D eigenvalue weighted by atomic mass is 10.2. The van der Waals surface area contributed by atoms with E-state index in [-0.39, 0.29) is 1.43 Å². The average Bonchev–Trinajstić information content (AvgIpc) is 2.37. The molecule has 3 N–H and O–H groups in total. The Kier molecular flexibility index (Phi) is 8.69. The summed E-state index contributed by atoms with van der Waals surface area (Å²) in [4.78, 5) is 19.4. The van der Waals surface area contributed by atoms with Gasteiger partial charge in [-0.2, -0.15) is 5.26 Å². The number of rotatable bonds is 3. The third kappa shape index (κ3) is 11.4. The first-order valence-corrected chi connectivity index (χ1v) is 6.40. The summed E-state index contributed by atoms with van der Waals surface area (Å²) >= 11 is 0. The van der Waals surface area contributed by atoms with Gasteiger partial charge in [0.1, 0.15) is 11.4 Å². The molecular formula is C14H24N4O3. The van der Waals surface area contributed by atoms with Crippen LogP contribution in [0.4, 0.5) is 10.6 Å². The normalized spacial score (nSPS) is 9.90. The number of nitrogens with one attached hydrogen (secondary N) is 1. The number of nitrogens with zero attached hydrogens (tertiary/aromatic N) is 2. The standard InChI is InChI=1S/C11H16N2O2.C3H6N2O.H2/c1-8-5-6-9(12-7-8)13-10(14)15-11(2,3)4;4-2-1-3-6-5;/h5-7H,1-4H3,(H,12,13,14);1,3,5H2;1H. The van der Waals surface area contributed by atoms with E-state index in [2.05, 4.69) is 21.0 Å². The number of carbonyl (C=O) groups is 1. The number of pyridine rings is 1. The lowest BCUT2D eigenvalue weighted by molar-refractivity contribution is 0.0635. The van der Waals surface area contributed by atoms with E-state index in [1.165, 1.54) is 0 Å². The lowest BCUT2D eigenvalue weighted by Gasteiger charge is -2.19. The van der Waals surface area contributed by atoms with Gasteiger partial charge < -0.3 is 9.57 Å². The summed E-state index contributed by atoms with van der Waals surface area (Å²) in [5.41, 5.74) is 0.555. The van der Waals surface area contributed by atoms with Crippen LogP contribution in [-0.4, -0.2) is 23.3 Å². The Morgan fingerprint density at radius 3 is 2.57 bits per heavy atom. The Hall–Kier alpha value is -2.17. The second-order valence-corrected chi connectivity index (χ2v) is 5.13. The van der Waals surface area contributed by atoms with Gasteiger partial charge in [-0.25, -0.2) is 15.7 Å². The van der Waals surface area contributed by atoms with Crippen LogP contribution in [0.15, 0.2) is 18.3 Å². The molecule has 0 saturated heterocycles. The van der Waals surface area contributed by atoms with E-state index in [0.717, 1.165) is 5.56 Å². The molecule has 0 bridgehead atoms. The van der Waals surface area contributed by atoms with Crippen molar-refractivity contribution in [3.05, 3.63) is 23.9 Å². The first-order chi connectivity index (χ1) is 9.78. The van der Waals surface area contributed by atoms with Crippen LogP contribution in [-0.2, 0) is 9.57 Å². The smallest absolute Gasteiger partial charge is 0.413 e. The number of nitriles is 1. The molecule has 1 rings (SSSR count). The van der Waals surface area contributed by atoms with Gasteiger partial charge in [0.15, 0.2) is 0 Å². The molecular weight excluding hydrogens is 272 g/mol. The predicted octanol–water partition coefficient (Wildman–Crippen LogP) is 2.77.